The Kier molecular flexibility index (Phi) is 4.85. The topological polar surface area (TPSA) is 60.9 Å². The van der Waals surface area contributed by atoms with Crippen molar-refractivity contribution in [2.75, 3.05) is 31.6 Å². The van der Waals surface area contributed by atoms with Crippen LogP contribution < -0.4 is 4.90 Å². The molecule has 1 fully saturated rings. The molecule has 1 heterocycles. The summed E-state index contributed by atoms with van der Waals surface area (Å²) in [6.45, 7) is 1.87. The largest absolute Gasteiger partial charge is 0.478 e. The van der Waals surface area contributed by atoms with Crippen LogP contribution in [-0.4, -0.2) is 48.6 Å². The lowest BCUT2D eigenvalue weighted by Gasteiger charge is -2.22. The first-order valence-electron chi connectivity index (χ1n) is 6.67. The van der Waals surface area contributed by atoms with Gasteiger partial charge in [-0.25, -0.2) is 4.79 Å². The number of anilines is 1. The zero-order valence-corrected chi connectivity index (χ0v) is 12.5. The maximum atomic E-state index is 11.9. The number of amides is 1. The molecule has 1 aliphatic heterocycles. The van der Waals surface area contributed by atoms with Gasteiger partial charge in [0.2, 0.25) is 5.91 Å². The molecule has 2 rings (SSSR count). The van der Waals surface area contributed by atoms with E-state index >= 15 is 0 Å². The lowest BCUT2D eigenvalue weighted by molar-refractivity contribution is -0.131. The summed E-state index contributed by atoms with van der Waals surface area (Å²) in [5.74, 6) is -0.935. The van der Waals surface area contributed by atoms with Gasteiger partial charge in [0.05, 0.1) is 6.54 Å². The van der Waals surface area contributed by atoms with Gasteiger partial charge < -0.3 is 14.9 Å². The standard InChI is InChI=1S/C15H17ClN2O3/c1-17-7-2-8-18(10-14(17)19)12-5-3-11(13(16)9-12)4-6-15(20)21/h3-6,9H,2,7-8,10H2,1H3,(H,20,21)/b6-4+. The highest BCUT2D eigenvalue weighted by Gasteiger charge is 2.19. The zero-order valence-electron chi connectivity index (χ0n) is 11.8. The molecule has 1 saturated heterocycles. The van der Waals surface area contributed by atoms with Crippen molar-refractivity contribution in [3.8, 4) is 0 Å². The Labute approximate surface area is 128 Å². The van der Waals surface area contributed by atoms with E-state index in [0.717, 1.165) is 31.3 Å². The van der Waals surface area contributed by atoms with Gasteiger partial charge in [-0.1, -0.05) is 17.7 Å². The fraction of sp³-hybridized carbons (Fsp3) is 0.333. The third-order valence-electron chi connectivity index (χ3n) is 3.43. The van der Waals surface area contributed by atoms with Crippen LogP contribution in [0.5, 0.6) is 0 Å². The van der Waals surface area contributed by atoms with Gasteiger partial charge in [-0.05, 0) is 30.2 Å². The van der Waals surface area contributed by atoms with E-state index in [4.69, 9.17) is 16.7 Å². The number of hydrogen-bond acceptors (Lipinski definition) is 3. The van der Waals surface area contributed by atoms with Gasteiger partial charge in [0.25, 0.3) is 0 Å². The fourth-order valence-electron chi connectivity index (χ4n) is 2.22. The van der Waals surface area contributed by atoms with Crippen molar-refractivity contribution in [2.24, 2.45) is 0 Å². The van der Waals surface area contributed by atoms with Crippen LogP contribution in [-0.2, 0) is 9.59 Å². The molecule has 0 unspecified atom stereocenters. The van der Waals surface area contributed by atoms with Crippen LogP contribution >= 0.6 is 11.6 Å². The molecule has 0 saturated carbocycles. The predicted octanol–water partition coefficient (Wildman–Crippen LogP) is 2.11. The molecule has 1 aromatic rings. The first-order valence-corrected chi connectivity index (χ1v) is 7.04. The number of benzene rings is 1. The van der Waals surface area contributed by atoms with E-state index in [2.05, 4.69) is 0 Å². The Morgan fingerprint density at radius 2 is 2.14 bits per heavy atom. The molecule has 1 aromatic carbocycles. The van der Waals surface area contributed by atoms with E-state index in [1.807, 2.05) is 11.0 Å². The number of nitrogens with zero attached hydrogens (tertiary/aromatic N) is 2. The average Bonchev–Trinajstić information content (AvgIpc) is 2.59. The summed E-state index contributed by atoms with van der Waals surface area (Å²) < 4.78 is 0. The molecule has 0 spiro atoms. The van der Waals surface area contributed by atoms with Gasteiger partial charge in [0.1, 0.15) is 0 Å². The Morgan fingerprint density at radius 3 is 2.81 bits per heavy atom. The smallest absolute Gasteiger partial charge is 0.328 e. The summed E-state index contributed by atoms with van der Waals surface area (Å²) >= 11 is 6.17. The van der Waals surface area contributed by atoms with Crippen LogP contribution in [0.3, 0.4) is 0 Å². The van der Waals surface area contributed by atoms with Crippen LogP contribution in [0.1, 0.15) is 12.0 Å². The van der Waals surface area contributed by atoms with Crippen LogP contribution in [0, 0.1) is 0 Å². The highest BCUT2D eigenvalue weighted by atomic mass is 35.5. The van der Waals surface area contributed by atoms with Crippen molar-refractivity contribution in [3.05, 3.63) is 34.9 Å². The number of hydrogen-bond donors (Lipinski definition) is 1. The summed E-state index contributed by atoms with van der Waals surface area (Å²) in [6, 6.07) is 5.38. The molecule has 5 nitrogen and oxygen atoms in total. The summed E-state index contributed by atoms with van der Waals surface area (Å²) in [6.07, 6.45) is 3.40. The maximum Gasteiger partial charge on any atom is 0.328 e. The molecule has 1 aliphatic rings. The summed E-state index contributed by atoms with van der Waals surface area (Å²) in [5.41, 5.74) is 1.51. The van der Waals surface area contributed by atoms with E-state index in [-0.39, 0.29) is 5.91 Å². The Bertz CT molecular complexity index is 586. The monoisotopic (exact) mass is 308 g/mol. The number of carboxylic acids is 1. The predicted molar refractivity (Wildman–Crippen MR) is 82.6 cm³/mol. The second-order valence-corrected chi connectivity index (χ2v) is 5.37. The molecule has 21 heavy (non-hydrogen) atoms. The van der Waals surface area contributed by atoms with Gasteiger partial charge in [0, 0.05) is 36.9 Å². The van der Waals surface area contributed by atoms with Crippen molar-refractivity contribution in [2.45, 2.75) is 6.42 Å². The molecule has 1 N–H and O–H groups in total. The van der Waals surface area contributed by atoms with Crippen molar-refractivity contribution in [1.82, 2.24) is 4.90 Å². The molecule has 0 aliphatic carbocycles. The van der Waals surface area contributed by atoms with Gasteiger partial charge in [-0.3, -0.25) is 4.79 Å². The number of halogens is 1. The quantitative estimate of drug-likeness (QED) is 0.869. The van der Waals surface area contributed by atoms with Gasteiger partial charge in [0.15, 0.2) is 0 Å². The van der Waals surface area contributed by atoms with E-state index in [0.29, 0.717) is 17.1 Å². The minimum atomic E-state index is -1.02. The van der Waals surface area contributed by atoms with E-state index in [1.165, 1.54) is 6.08 Å². The minimum absolute atomic E-state index is 0.0819. The SMILES string of the molecule is CN1CCCN(c2ccc(/C=C/C(=O)O)c(Cl)c2)CC1=O. The van der Waals surface area contributed by atoms with Gasteiger partial charge in [-0.15, -0.1) is 0 Å². The lowest BCUT2D eigenvalue weighted by Crippen LogP contribution is -2.34. The summed E-state index contributed by atoms with van der Waals surface area (Å²) in [4.78, 5) is 26.1. The molecule has 112 valence electrons. The lowest BCUT2D eigenvalue weighted by atomic mass is 10.1. The van der Waals surface area contributed by atoms with Crippen molar-refractivity contribution in [3.63, 3.8) is 0 Å². The van der Waals surface area contributed by atoms with E-state index < -0.39 is 5.97 Å². The van der Waals surface area contributed by atoms with Gasteiger partial charge >= 0.3 is 5.97 Å². The summed E-state index contributed by atoms with van der Waals surface area (Å²) in [7, 11) is 1.80. The zero-order chi connectivity index (χ0) is 15.4. The minimum Gasteiger partial charge on any atom is -0.478 e. The second kappa shape index (κ2) is 6.63. The molecular formula is C15H17ClN2O3. The maximum absolute atomic E-state index is 11.9. The van der Waals surface area contributed by atoms with E-state index in [1.54, 1.807) is 24.1 Å². The Balaban J connectivity index is 2.19. The molecule has 0 aromatic heterocycles. The first-order chi connectivity index (χ1) is 9.97. The van der Waals surface area contributed by atoms with Crippen LogP contribution in [0.25, 0.3) is 6.08 Å². The first kappa shape index (κ1) is 15.4. The van der Waals surface area contributed by atoms with Crippen LogP contribution in [0.15, 0.2) is 24.3 Å². The Hall–Kier alpha value is -2.01. The van der Waals surface area contributed by atoms with Crippen molar-refractivity contribution in [1.29, 1.82) is 0 Å². The Morgan fingerprint density at radius 1 is 1.38 bits per heavy atom. The van der Waals surface area contributed by atoms with Crippen LogP contribution in [0.4, 0.5) is 5.69 Å². The number of rotatable bonds is 3. The number of carboxylic acid groups (broad SMARTS) is 1. The molecule has 1 amide bonds. The number of likely N-dealkylation sites (N-methyl/N-ethyl adjacent to an activating group) is 1. The van der Waals surface area contributed by atoms with Crippen molar-refractivity contribution >= 4 is 35.2 Å². The highest BCUT2D eigenvalue weighted by molar-refractivity contribution is 6.32. The number of carbonyl (C=O) groups is 2. The molecule has 0 atom stereocenters. The molecule has 6 heteroatoms. The van der Waals surface area contributed by atoms with Crippen LogP contribution in [0.2, 0.25) is 5.02 Å². The van der Waals surface area contributed by atoms with E-state index in [9.17, 15) is 9.59 Å². The molecular weight excluding hydrogens is 292 g/mol. The number of carbonyl (C=O) groups excluding carboxylic acids is 1. The fourth-order valence-corrected chi connectivity index (χ4v) is 2.45. The average molecular weight is 309 g/mol. The summed E-state index contributed by atoms with van der Waals surface area (Å²) in [5, 5.41) is 9.10. The van der Waals surface area contributed by atoms with Crippen molar-refractivity contribution < 1.29 is 14.7 Å². The number of aliphatic carboxylic acids is 1. The third kappa shape index (κ3) is 3.98. The normalized spacial score (nSPS) is 16.4. The molecule has 0 radical (unpaired) electrons. The van der Waals surface area contributed by atoms with Gasteiger partial charge in [-0.2, -0.15) is 0 Å². The molecule has 0 bridgehead atoms. The highest BCUT2D eigenvalue weighted by Crippen LogP contribution is 2.25. The third-order valence-corrected chi connectivity index (χ3v) is 3.76. The second-order valence-electron chi connectivity index (χ2n) is 4.97.